The zero-order valence-corrected chi connectivity index (χ0v) is 15.6. The fourth-order valence-corrected chi connectivity index (χ4v) is 3.87. The van der Waals surface area contributed by atoms with Gasteiger partial charge < -0.3 is 5.32 Å². The molecule has 0 saturated carbocycles. The Morgan fingerprint density at radius 2 is 1.88 bits per heavy atom. The molecule has 0 saturated heterocycles. The highest BCUT2D eigenvalue weighted by molar-refractivity contribution is 7.18. The molecule has 0 bridgehead atoms. The third-order valence-corrected chi connectivity index (χ3v) is 5.03. The number of likely N-dealkylation sites (N-methyl/N-ethyl adjacent to an activating group) is 1. The number of aromatic nitrogens is 1. The van der Waals surface area contributed by atoms with Crippen molar-refractivity contribution in [1.82, 2.24) is 9.88 Å². The maximum absolute atomic E-state index is 12.4. The number of hydrogen-bond acceptors (Lipinski definition) is 4. The first-order valence-electron chi connectivity index (χ1n) is 8.44. The second-order valence-electron chi connectivity index (χ2n) is 6.54. The van der Waals surface area contributed by atoms with E-state index < -0.39 is 0 Å². The van der Waals surface area contributed by atoms with Gasteiger partial charge in [0.15, 0.2) is 0 Å². The van der Waals surface area contributed by atoms with E-state index >= 15 is 0 Å². The third-order valence-electron chi connectivity index (χ3n) is 4.01. The van der Waals surface area contributed by atoms with E-state index in [0.717, 1.165) is 21.8 Å². The van der Waals surface area contributed by atoms with Crippen LogP contribution in [0.4, 0.5) is 5.69 Å². The van der Waals surface area contributed by atoms with Crippen molar-refractivity contribution in [3.05, 3.63) is 59.1 Å². The highest BCUT2D eigenvalue weighted by atomic mass is 32.1. The summed E-state index contributed by atoms with van der Waals surface area (Å²) in [5.41, 5.74) is 3.08. The Bertz CT molecular complexity index is 839. The van der Waals surface area contributed by atoms with Gasteiger partial charge in [-0.15, -0.1) is 11.3 Å². The lowest BCUT2D eigenvalue weighted by molar-refractivity contribution is -0.117. The Morgan fingerprint density at radius 1 is 1.16 bits per heavy atom. The number of hydrogen-bond donors (Lipinski definition) is 1. The summed E-state index contributed by atoms with van der Waals surface area (Å²) in [5, 5.41) is 4.06. The highest BCUT2D eigenvalue weighted by Gasteiger charge is 2.13. The average molecular weight is 353 g/mol. The molecule has 1 aromatic heterocycles. The first kappa shape index (κ1) is 17.6. The van der Waals surface area contributed by atoms with Gasteiger partial charge >= 0.3 is 0 Å². The van der Waals surface area contributed by atoms with Crippen LogP contribution in [0.3, 0.4) is 0 Å². The summed E-state index contributed by atoms with van der Waals surface area (Å²) < 4.78 is 1.18. The van der Waals surface area contributed by atoms with Crippen LogP contribution in [0.5, 0.6) is 0 Å². The molecule has 0 fully saturated rings. The molecule has 1 N–H and O–H groups in total. The molecule has 3 aromatic rings. The van der Waals surface area contributed by atoms with Gasteiger partial charge in [0, 0.05) is 5.69 Å². The molecule has 3 rings (SSSR count). The molecule has 5 heteroatoms. The number of carbonyl (C=O) groups is 1. The lowest BCUT2D eigenvalue weighted by atomic mass is 10.0. The number of rotatable bonds is 6. The minimum atomic E-state index is -0.00305. The summed E-state index contributed by atoms with van der Waals surface area (Å²) in [5.74, 6) is 0.369. The van der Waals surface area contributed by atoms with Crippen molar-refractivity contribution in [3.63, 3.8) is 0 Å². The average Bonchev–Trinajstić information content (AvgIpc) is 2.96. The van der Waals surface area contributed by atoms with Gasteiger partial charge in [0.1, 0.15) is 5.01 Å². The van der Waals surface area contributed by atoms with E-state index in [1.54, 1.807) is 11.3 Å². The van der Waals surface area contributed by atoms with E-state index in [4.69, 9.17) is 0 Å². The summed E-state index contributed by atoms with van der Waals surface area (Å²) in [6.07, 6.45) is 0. The Balaban J connectivity index is 1.61. The van der Waals surface area contributed by atoms with E-state index in [0.29, 0.717) is 19.0 Å². The molecule has 0 aliphatic heterocycles. The zero-order valence-electron chi connectivity index (χ0n) is 14.8. The molecule has 0 unspecified atom stereocenters. The number of benzene rings is 2. The van der Waals surface area contributed by atoms with E-state index in [1.807, 2.05) is 48.3 Å². The van der Waals surface area contributed by atoms with Gasteiger partial charge in [0.05, 0.1) is 23.3 Å². The molecule has 4 nitrogen and oxygen atoms in total. The largest absolute Gasteiger partial charge is 0.325 e. The van der Waals surface area contributed by atoms with Crippen molar-refractivity contribution >= 4 is 33.1 Å². The Hall–Kier alpha value is -2.24. The number of thiazole rings is 1. The molecule has 0 aliphatic carbocycles. The van der Waals surface area contributed by atoms with Crippen LogP contribution in [0.2, 0.25) is 0 Å². The topological polar surface area (TPSA) is 45.2 Å². The van der Waals surface area contributed by atoms with Gasteiger partial charge in [0.2, 0.25) is 5.91 Å². The van der Waals surface area contributed by atoms with E-state index in [-0.39, 0.29) is 5.91 Å². The third kappa shape index (κ3) is 4.44. The van der Waals surface area contributed by atoms with Crippen LogP contribution in [0, 0.1) is 0 Å². The molecule has 0 spiro atoms. The Morgan fingerprint density at radius 3 is 2.64 bits per heavy atom. The van der Waals surface area contributed by atoms with Crippen LogP contribution in [0.15, 0.2) is 48.5 Å². The minimum absolute atomic E-state index is 0.00305. The van der Waals surface area contributed by atoms with Crippen LogP contribution in [0.25, 0.3) is 10.2 Å². The van der Waals surface area contributed by atoms with E-state index in [2.05, 4.69) is 36.3 Å². The van der Waals surface area contributed by atoms with Gasteiger partial charge in [-0.3, -0.25) is 9.69 Å². The second kappa shape index (κ2) is 7.76. The number of nitrogens with one attached hydrogen (secondary N) is 1. The van der Waals surface area contributed by atoms with Gasteiger partial charge in [-0.2, -0.15) is 0 Å². The fraction of sp³-hybridized carbons (Fsp3) is 0.300. The predicted molar refractivity (Wildman–Crippen MR) is 105 cm³/mol. The van der Waals surface area contributed by atoms with Crippen molar-refractivity contribution in [3.8, 4) is 0 Å². The molecule has 2 aromatic carbocycles. The lowest BCUT2D eigenvalue weighted by Gasteiger charge is -2.17. The summed E-state index contributed by atoms with van der Waals surface area (Å²) >= 11 is 1.68. The first-order chi connectivity index (χ1) is 12.0. The molecule has 0 atom stereocenters. The number of para-hydroxylation sites is 2. The molecular weight excluding hydrogens is 330 g/mol. The van der Waals surface area contributed by atoms with Crippen LogP contribution in [-0.4, -0.2) is 29.4 Å². The molecular formula is C20H23N3OS. The zero-order chi connectivity index (χ0) is 17.8. The van der Waals surface area contributed by atoms with Crippen LogP contribution >= 0.6 is 11.3 Å². The monoisotopic (exact) mass is 353 g/mol. The number of carbonyl (C=O) groups excluding carboxylic acids is 1. The summed E-state index contributed by atoms with van der Waals surface area (Å²) in [7, 11) is 1.94. The quantitative estimate of drug-likeness (QED) is 0.710. The Labute approximate surface area is 152 Å². The van der Waals surface area contributed by atoms with Gasteiger partial charge in [-0.1, -0.05) is 44.2 Å². The molecule has 0 aliphatic rings. The number of nitrogens with zero attached hydrogens (tertiary/aromatic N) is 2. The second-order valence-corrected chi connectivity index (χ2v) is 7.65. The van der Waals surface area contributed by atoms with Gasteiger partial charge in [-0.05, 0) is 36.7 Å². The molecule has 0 radical (unpaired) electrons. The standard InChI is InChI=1S/C20H23N3OS/c1-14(2)15-8-4-5-9-16(15)21-19(24)12-23(3)13-20-22-17-10-6-7-11-18(17)25-20/h4-11,14H,12-13H2,1-3H3,(H,21,24). The SMILES string of the molecule is CC(C)c1ccccc1NC(=O)CN(C)Cc1nc2ccccc2s1. The van der Waals surface area contributed by atoms with Crippen molar-refractivity contribution in [2.75, 3.05) is 18.9 Å². The normalized spacial score (nSPS) is 11.4. The molecule has 130 valence electrons. The van der Waals surface area contributed by atoms with Gasteiger partial charge in [-0.25, -0.2) is 4.98 Å². The fourth-order valence-electron chi connectivity index (χ4n) is 2.82. The number of fused-ring (bicyclic) bond motifs is 1. The van der Waals surface area contributed by atoms with Crippen molar-refractivity contribution < 1.29 is 4.79 Å². The van der Waals surface area contributed by atoms with Crippen LogP contribution in [0.1, 0.15) is 30.3 Å². The maximum atomic E-state index is 12.4. The van der Waals surface area contributed by atoms with Crippen molar-refractivity contribution in [2.24, 2.45) is 0 Å². The number of amides is 1. The van der Waals surface area contributed by atoms with E-state index in [9.17, 15) is 4.79 Å². The first-order valence-corrected chi connectivity index (χ1v) is 9.26. The van der Waals surface area contributed by atoms with Crippen molar-refractivity contribution in [1.29, 1.82) is 0 Å². The Kier molecular flexibility index (Phi) is 5.46. The highest BCUT2D eigenvalue weighted by Crippen LogP contribution is 2.24. The van der Waals surface area contributed by atoms with Crippen LogP contribution in [-0.2, 0) is 11.3 Å². The van der Waals surface area contributed by atoms with Crippen LogP contribution < -0.4 is 5.32 Å². The molecule has 1 amide bonds. The summed E-state index contributed by atoms with van der Waals surface area (Å²) in [6, 6.07) is 16.1. The molecule has 25 heavy (non-hydrogen) atoms. The minimum Gasteiger partial charge on any atom is -0.325 e. The smallest absolute Gasteiger partial charge is 0.238 e. The lowest BCUT2D eigenvalue weighted by Crippen LogP contribution is -2.30. The summed E-state index contributed by atoms with van der Waals surface area (Å²) in [6.45, 7) is 5.26. The predicted octanol–water partition coefficient (Wildman–Crippen LogP) is 4.49. The molecule has 1 heterocycles. The number of anilines is 1. The summed E-state index contributed by atoms with van der Waals surface area (Å²) in [4.78, 5) is 19.0. The van der Waals surface area contributed by atoms with E-state index in [1.165, 1.54) is 4.70 Å². The maximum Gasteiger partial charge on any atom is 0.238 e. The van der Waals surface area contributed by atoms with Gasteiger partial charge in [0.25, 0.3) is 0 Å². The van der Waals surface area contributed by atoms with Crippen molar-refractivity contribution in [2.45, 2.75) is 26.3 Å².